The van der Waals surface area contributed by atoms with Crippen molar-refractivity contribution in [3.8, 4) is 11.5 Å². The van der Waals surface area contributed by atoms with Gasteiger partial charge in [-0.15, -0.1) is 0 Å². The van der Waals surface area contributed by atoms with Crippen molar-refractivity contribution < 1.29 is 32.3 Å². The highest BCUT2D eigenvalue weighted by molar-refractivity contribution is 7.93. The molecule has 0 unspecified atom stereocenters. The molecule has 4 aromatic carbocycles. The van der Waals surface area contributed by atoms with E-state index in [1.165, 1.54) is 50.3 Å². The minimum atomic E-state index is -3.91. The van der Waals surface area contributed by atoms with Crippen LogP contribution in [-0.4, -0.2) is 26.3 Å². The lowest BCUT2D eigenvalue weighted by atomic mass is 10.1. The average molecular weight is 545 g/mol. The van der Waals surface area contributed by atoms with E-state index in [4.69, 9.17) is 9.47 Å². The summed E-state index contributed by atoms with van der Waals surface area (Å²) in [5, 5.41) is 3.73. The molecular weight excluding hydrogens is 520 g/mol. The van der Waals surface area contributed by atoms with Gasteiger partial charge in [-0.05, 0) is 48.0 Å². The Labute approximate surface area is 225 Å². The monoisotopic (exact) mass is 544 g/mol. The van der Waals surface area contributed by atoms with E-state index in [0.717, 1.165) is 0 Å². The number of anilines is 2. The van der Waals surface area contributed by atoms with Crippen LogP contribution >= 0.6 is 0 Å². The first kappa shape index (κ1) is 27.1. The molecular formula is C29H24N2O7S. The molecule has 4 aromatic rings. The van der Waals surface area contributed by atoms with Crippen LogP contribution in [-0.2, 0) is 24.4 Å². The lowest BCUT2D eigenvalue weighted by Gasteiger charge is -2.13. The molecule has 4 rings (SSSR count). The van der Waals surface area contributed by atoms with Crippen molar-refractivity contribution in [3.63, 3.8) is 0 Å². The zero-order valence-electron chi connectivity index (χ0n) is 21.0. The van der Waals surface area contributed by atoms with Gasteiger partial charge >= 0.3 is 11.9 Å². The number of nitrogens with one attached hydrogen (secondary N) is 2. The van der Waals surface area contributed by atoms with E-state index in [-0.39, 0.29) is 16.4 Å². The van der Waals surface area contributed by atoms with Crippen LogP contribution in [0, 0.1) is 0 Å². The third-order valence-corrected chi connectivity index (χ3v) is 6.75. The van der Waals surface area contributed by atoms with Gasteiger partial charge < -0.3 is 14.8 Å². The molecule has 0 heterocycles. The quantitative estimate of drug-likeness (QED) is 0.179. The summed E-state index contributed by atoms with van der Waals surface area (Å²) in [6.07, 6.45) is 2.71. The second-order valence-electron chi connectivity index (χ2n) is 8.38. The average Bonchev–Trinajstić information content (AvgIpc) is 2.87. The van der Waals surface area contributed by atoms with E-state index in [2.05, 4.69) is 10.0 Å². The Kier molecular flexibility index (Phi) is 8.07. The van der Waals surface area contributed by atoms with Crippen LogP contribution in [0.2, 0.25) is 0 Å². The van der Waals surface area contributed by atoms with E-state index >= 15 is 0 Å². The minimum Gasteiger partial charge on any atom is -0.427 e. The number of ether oxygens (including phenoxy) is 2. The summed E-state index contributed by atoms with van der Waals surface area (Å²) < 4.78 is 39.0. The van der Waals surface area contributed by atoms with Crippen molar-refractivity contribution in [2.24, 2.45) is 0 Å². The van der Waals surface area contributed by atoms with Crippen molar-refractivity contribution in [1.82, 2.24) is 0 Å². The maximum atomic E-state index is 13.1. The molecule has 0 saturated heterocycles. The summed E-state index contributed by atoms with van der Waals surface area (Å²) in [5.74, 6) is -1.32. The lowest BCUT2D eigenvalue weighted by molar-refractivity contribution is -0.132. The number of esters is 2. The maximum absolute atomic E-state index is 13.1. The Morgan fingerprint density at radius 1 is 0.744 bits per heavy atom. The molecule has 0 spiro atoms. The van der Waals surface area contributed by atoms with Crippen molar-refractivity contribution in [1.29, 1.82) is 0 Å². The van der Waals surface area contributed by atoms with Crippen LogP contribution in [0.4, 0.5) is 11.4 Å². The number of hydrogen-bond donors (Lipinski definition) is 2. The van der Waals surface area contributed by atoms with Crippen molar-refractivity contribution in [3.05, 3.63) is 96.6 Å². The van der Waals surface area contributed by atoms with E-state index in [1.54, 1.807) is 60.7 Å². The zero-order chi connectivity index (χ0) is 28.0. The third-order valence-electron chi connectivity index (χ3n) is 5.31. The summed E-state index contributed by atoms with van der Waals surface area (Å²) in [7, 11) is -3.91. The normalized spacial score (nSPS) is 11.2. The van der Waals surface area contributed by atoms with Gasteiger partial charge in [-0.1, -0.05) is 42.5 Å². The van der Waals surface area contributed by atoms with Gasteiger partial charge in [0.25, 0.3) is 10.0 Å². The molecule has 0 saturated carbocycles. The molecule has 0 aliphatic rings. The molecule has 0 atom stereocenters. The van der Waals surface area contributed by atoms with Crippen LogP contribution in [0.1, 0.15) is 19.4 Å². The molecule has 0 aliphatic carbocycles. The summed E-state index contributed by atoms with van der Waals surface area (Å²) in [6.45, 7) is 2.47. The van der Waals surface area contributed by atoms with Crippen LogP contribution in [0.15, 0.2) is 95.9 Å². The minimum absolute atomic E-state index is 0.0655. The largest absolute Gasteiger partial charge is 0.427 e. The second-order valence-corrected chi connectivity index (χ2v) is 10.0. The van der Waals surface area contributed by atoms with Crippen LogP contribution in [0.25, 0.3) is 16.8 Å². The van der Waals surface area contributed by atoms with Gasteiger partial charge in [0.15, 0.2) is 0 Å². The lowest BCUT2D eigenvalue weighted by Crippen LogP contribution is -2.13. The summed E-state index contributed by atoms with van der Waals surface area (Å²) in [6, 6.07) is 22.7. The van der Waals surface area contributed by atoms with Crippen LogP contribution < -0.4 is 19.5 Å². The maximum Gasteiger partial charge on any atom is 0.308 e. The van der Waals surface area contributed by atoms with Crippen molar-refractivity contribution in [2.75, 3.05) is 10.0 Å². The van der Waals surface area contributed by atoms with Gasteiger partial charge in [0, 0.05) is 48.1 Å². The molecule has 0 radical (unpaired) electrons. The first-order valence-corrected chi connectivity index (χ1v) is 13.2. The van der Waals surface area contributed by atoms with E-state index in [9.17, 15) is 22.8 Å². The highest BCUT2D eigenvalue weighted by Gasteiger charge is 2.18. The molecule has 9 nitrogen and oxygen atoms in total. The van der Waals surface area contributed by atoms with Crippen LogP contribution in [0.3, 0.4) is 0 Å². The standard InChI is InChI=1S/C29H24N2O7S/c1-19(32)37-23-16-21(17-24(18-23)38-20(2)33)14-15-29(34)30-27-12-6-11-26-25(27)10-7-13-28(26)39(35,36)31-22-8-4-3-5-9-22/h3-18,31H,1-2H3,(H,30,34). The van der Waals surface area contributed by atoms with Gasteiger partial charge in [-0.3, -0.25) is 19.1 Å². The second kappa shape index (κ2) is 11.6. The first-order valence-electron chi connectivity index (χ1n) is 11.7. The van der Waals surface area contributed by atoms with Gasteiger partial charge in [0.1, 0.15) is 11.5 Å². The van der Waals surface area contributed by atoms with E-state index in [0.29, 0.717) is 27.7 Å². The van der Waals surface area contributed by atoms with Crippen molar-refractivity contribution >= 4 is 56.1 Å². The number of carbonyl (C=O) groups is 3. The highest BCUT2D eigenvalue weighted by atomic mass is 32.2. The number of para-hydroxylation sites is 1. The molecule has 198 valence electrons. The Morgan fingerprint density at radius 2 is 1.36 bits per heavy atom. The first-order chi connectivity index (χ1) is 18.6. The summed E-state index contributed by atoms with van der Waals surface area (Å²) in [5.41, 5.74) is 1.28. The predicted molar refractivity (Wildman–Crippen MR) is 148 cm³/mol. The van der Waals surface area contributed by atoms with Crippen LogP contribution in [0.5, 0.6) is 11.5 Å². The van der Waals surface area contributed by atoms with Gasteiger partial charge in [-0.2, -0.15) is 0 Å². The number of amides is 1. The third kappa shape index (κ3) is 7.08. The fourth-order valence-electron chi connectivity index (χ4n) is 3.83. The Hall–Kier alpha value is -4.96. The topological polar surface area (TPSA) is 128 Å². The molecule has 2 N–H and O–H groups in total. The molecule has 1 amide bonds. The highest BCUT2D eigenvalue weighted by Crippen LogP contribution is 2.30. The number of benzene rings is 4. The predicted octanol–water partition coefficient (Wildman–Crippen LogP) is 5.14. The Bertz CT molecular complexity index is 1660. The fraction of sp³-hybridized carbons (Fsp3) is 0.0690. The van der Waals surface area contributed by atoms with E-state index in [1.807, 2.05) is 0 Å². The molecule has 0 bridgehead atoms. The molecule has 0 fully saturated rings. The molecule has 39 heavy (non-hydrogen) atoms. The Balaban J connectivity index is 1.59. The fourth-order valence-corrected chi connectivity index (χ4v) is 5.11. The van der Waals surface area contributed by atoms with E-state index < -0.39 is 27.9 Å². The number of sulfonamides is 1. The van der Waals surface area contributed by atoms with Gasteiger partial charge in [0.05, 0.1) is 4.90 Å². The number of fused-ring (bicyclic) bond motifs is 1. The summed E-state index contributed by atoms with van der Waals surface area (Å²) in [4.78, 5) is 35.6. The number of hydrogen-bond acceptors (Lipinski definition) is 7. The Morgan fingerprint density at radius 3 is 2.00 bits per heavy atom. The molecule has 0 aliphatic heterocycles. The molecule has 10 heteroatoms. The van der Waals surface area contributed by atoms with Crippen molar-refractivity contribution in [2.45, 2.75) is 18.7 Å². The summed E-state index contributed by atoms with van der Waals surface area (Å²) >= 11 is 0. The zero-order valence-corrected chi connectivity index (χ0v) is 21.8. The number of rotatable bonds is 8. The van der Waals surface area contributed by atoms with Gasteiger partial charge in [-0.25, -0.2) is 8.42 Å². The molecule has 0 aromatic heterocycles. The smallest absolute Gasteiger partial charge is 0.308 e. The number of carbonyl (C=O) groups excluding carboxylic acids is 3. The SMILES string of the molecule is CC(=O)Oc1cc(C=CC(=O)Nc2cccc3c(S(=O)(=O)Nc4ccccc4)cccc23)cc(OC(C)=O)c1. The van der Waals surface area contributed by atoms with Gasteiger partial charge in [0.2, 0.25) is 5.91 Å².